The molecule has 22 heavy (non-hydrogen) atoms. The smallest absolute Gasteiger partial charge is 0.228 e. The van der Waals surface area contributed by atoms with Crippen LogP contribution >= 0.6 is 0 Å². The number of anilines is 1. The monoisotopic (exact) mass is 299 g/mol. The molecule has 2 bridgehead atoms. The first-order valence-electron chi connectivity index (χ1n) is 8.11. The predicted octanol–water partition coefficient (Wildman–Crippen LogP) is 3.01. The van der Waals surface area contributed by atoms with Crippen molar-refractivity contribution in [2.75, 3.05) is 18.5 Å². The van der Waals surface area contributed by atoms with Crippen LogP contribution in [0.5, 0.6) is 5.75 Å². The van der Waals surface area contributed by atoms with Crippen LogP contribution in [0.25, 0.3) is 0 Å². The quantitative estimate of drug-likeness (QED) is 0.869. The number of rotatable bonds is 4. The van der Waals surface area contributed by atoms with Gasteiger partial charge in [0.1, 0.15) is 11.9 Å². The van der Waals surface area contributed by atoms with E-state index < -0.39 is 0 Å². The van der Waals surface area contributed by atoms with Gasteiger partial charge in [-0.15, -0.1) is 0 Å². The minimum Gasteiger partial charge on any atom is -0.488 e. The molecule has 0 spiro atoms. The number of carbonyl (C=O) groups is 1. The third kappa shape index (κ3) is 2.75. The Hall–Kier alpha value is -1.81. The van der Waals surface area contributed by atoms with Gasteiger partial charge in [0.15, 0.2) is 0 Å². The van der Waals surface area contributed by atoms with Crippen molar-refractivity contribution in [3.8, 4) is 5.75 Å². The van der Waals surface area contributed by atoms with Crippen LogP contribution in [0.2, 0.25) is 0 Å². The Kier molecular flexibility index (Phi) is 3.62. The van der Waals surface area contributed by atoms with Crippen molar-refractivity contribution in [3.63, 3.8) is 0 Å². The molecule has 4 rings (SSSR count). The number of fused-ring (bicyclic) bond motifs is 2. The SMILES string of the molecule is O=C(Nc1ccc(O[C@@H]2CCOC2)cc1)[C@H]1C[C@H]2C=C[C@H]1C2. The lowest BCUT2D eigenvalue weighted by Gasteiger charge is -2.18. The second-order valence-corrected chi connectivity index (χ2v) is 6.50. The van der Waals surface area contributed by atoms with Crippen LogP contribution in [0.15, 0.2) is 36.4 Å². The fourth-order valence-corrected chi connectivity index (χ4v) is 3.73. The van der Waals surface area contributed by atoms with Gasteiger partial charge in [-0.2, -0.15) is 0 Å². The van der Waals surface area contributed by atoms with Crippen LogP contribution in [0.3, 0.4) is 0 Å². The highest BCUT2D eigenvalue weighted by atomic mass is 16.5. The molecule has 1 aromatic carbocycles. The lowest BCUT2D eigenvalue weighted by Crippen LogP contribution is -2.25. The minimum absolute atomic E-state index is 0.140. The predicted molar refractivity (Wildman–Crippen MR) is 83.8 cm³/mol. The fourth-order valence-electron chi connectivity index (χ4n) is 3.73. The van der Waals surface area contributed by atoms with E-state index in [-0.39, 0.29) is 17.9 Å². The molecule has 3 aliphatic rings. The van der Waals surface area contributed by atoms with Gasteiger partial charge in [0, 0.05) is 18.0 Å². The fraction of sp³-hybridized carbons (Fsp3) is 0.500. The highest BCUT2D eigenvalue weighted by molar-refractivity contribution is 5.93. The van der Waals surface area contributed by atoms with Crippen molar-refractivity contribution in [2.24, 2.45) is 17.8 Å². The van der Waals surface area contributed by atoms with Gasteiger partial charge in [0.25, 0.3) is 0 Å². The number of ether oxygens (including phenoxy) is 2. The molecule has 1 amide bonds. The van der Waals surface area contributed by atoms with Crippen molar-refractivity contribution in [2.45, 2.75) is 25.4 Å². The number of hydrogen-bond donors (Lipinski definition) is 1. The third-order valence-corrected chi connectivity index (χ3v) is 4.93. The molecular formula is C18H21NO3. The number of hydrogen-bond acceptors (Lipinski definition) is 3. The highest BCUT2D eigenvalue weighted by Crippen LogP contribution is 2.43. The largest absolute Gasteiger partial charge is 0.488 e. The third-order valence-electron chi connectivity index (χ3n) is 4.93. The first-order valence-corrected chi connectivity index (χ1v) is 8.11. The van der Waals surface area contributed by atoms with Crippen LogP contribution in [0.1, 0.15) is 19.3 Å². The van der Waals surface area contributed by atoms with Gasteiger partial charge < -0.3 is 14.8 Å². The number of allylic oxidation sites excluding steroid dienone is 2. The van der Waals surface area contributed by atoms with E-state index in [1.807, 2.05) is 24.3 Å². The summed E-state index contributed by atoms with van der Waals surface area (Å²) in [6.07, 6.45) is 7.70. The first-order chi connectivity index (χ1) is 10.8. The number of benzene rings is 1. The molecule has 0 unspecified atom stereocenters. The summed E-state index contributed by atoms with van der Waals surface area (Å²) in [5.74, 6) is 2.17. The summed E-state index contributed by atoms with van der Waals surface area (Å²) >= 11 is 0. The van der Waals surface area contributed by atoms with Crippen LogP contribution < -0.4 is 10.1 Å². The van der Waals surface area contributed by atoms with Crippen LogP contribution in [0.4, 0.5) is 5.69 Å². The van der Waals surface area contributed by atoms with Crippen molar-refractivity contribution in [1.29, 1.82) is 0 Å². The molecule has 0 radical (unpaired) electrons. The van der Waals surface area contributed by atoms with Gasteiger partial charge in [-0.1, -0.05) is 12.2 Å². The van der Waals surface area contributed by atoms with E-state index in [2.05, 4.69) is 17.5 Å². The van der Waals surface area contributed by atoms with Gasteiger partial charge >= 0.3 is 0 Å². The Bertz CT molecular complexity index is 574. The van der Waals surface area contributed by atoms with E-state index in [1.54, 1.807) is 0 Å². The number of amides is 1. The number of carbonyl (C=O) groups excluding carboxylic acids is 1. The maximum atomic E-state index is 12.4. The minimum atomic E-state index is 0.140. The molecular weight excluding hydrogens is 278 g/mol. The van der Waals surface area contributed by atoms with E-state index in [4.69, 9.17) is 9.47 Å². The lowest BCUT2D eigenvalue weighted by atomic mass is 9.93. The summed E-state index contributed by atoms with van der Waals surface area (Å²) in [6.45, 7) is 1.44. The Morgan fingerprint density at radius 3 is 2.68 bits per heavy atom. The van der Waals surface area contributed by atoms with Crippen molar-refractivity contribution >= 4 is 11.6 Å². The van der Waals surface area contributed by atoms with Crippen molar-refractivity contribution in [3.05, 3.63) is 36.4 Å². The van der Waals surface area contributed by atoms with Gasteiger partial charge in [-0.25, -0.2) is 0 Å². The molecule has 1 aliphatic heterocycles. The Labute approximate surface area is 130 Å². The molecule has 4 atom stereocenters. The zero-order valence-electron chi connectivity index (χ0n) is 12.5. The van der Waals surface area contributed by atoms with E-state index in [9.17, 15) is 4.79 Å². The second kappa shape index (κ2) is 5.76. The summed E-state index contributed by atoms with van der Waals surface area (Å²) in [6, 6.07) is 7.64. The second-order valence-electron chi connectivity index (χ2n) is 6.50. The topological polar surface area (TPSA) is 47.6 Å². The molecule has 116 valence electrons. The van der Waals surface area contributed by atoms with Gasteiger partial charge in [-0.3, -0.25) is 4.79 Å². The molecule has 1 N–H and O–H groups in total. The molecule has 4 nitrogen and oxygen atoms in total. The van der Waals surface area contributed by atoms with Crippen molar-refractivity contribution in [1.82, 2.24) is 0 Å². The normalized spacial score (nSPS) is 32.4. The number of nitrogens with one attached hydrogen (secondary N) is 1. The maximum Gasteiger partial charge on any atom is 0.228 e. The van der Waals surface area contributed by atoms with E-state index in [0.29, 0.717) is 18.4 Å². The Morgan fingerprint density at radius 1 is 1.18 bits per heavy atom. The highest BCUT2D eigenvalue weighted by Gasteiger charge is 2.39. The summed E-state index contributed by atoms with van der Waals surface area (Å²) in [7, 11) is 0. The zero-order chi connectivity index (χ0) is 14.9. The van der Waals surface area contributed by atoms with Gasteiger partial charge in [0.2, 0.25) is 5.91 Å². The van der Waals surface area contributed by atoms with Gasteiger partial charge in [-0.05, 0) is 48.9 Å². The molecule has 1 saturated heterocycles. The average Bonchev–Trinajstić information content (AvgIpc) is 3.26. The lowest BCUT2D eigenvalue weighted by molar-refractivity contribution is -0.120. The van der Waals surface area contributed by atoms with Crippen LogP contribution in [-0.2, 0) is 9.53 Å². The van der Waals surface area contributed by atoms with E-state index in [0.717, 1.165) is 37.3 Å². The van der Waals surface area contributed by atoms with Crippen molar-refractivity contribution < 1.29 is 14.3 Å². The standard InChI is InChI=1S/C18H21NO3/c20-18(17-10-12-1-2-13(17)9-12)19-14-3-5-15(6-4-14)22-16-7-8-21-11-16/h1-6,12-13,16-17H,7-11H2,(H,19,20)/t12-,13-,16+,17-/m0/s1. The summed E-state index contributed by atoms with van der Waals surface area (Å²) < 4.78 is 11.1. The molecule has 1 aromatic rings. The summed E-state index contributed by atoms with van der Waals surface area (Å²) in [5.41, 5.74) is 0.840. The van der Waals surface area contributed by atoms with Crippen LogP contribution in [0, 0.1) is 17.8 Å². The molecule has 0 aromatic heterocycles. The maximum absolute atomic E-state index is 12.4. The first kappa shape index (κ1) is 13.8. The average molecular weight is 299 g/mol. The Balaban J connectivity index is 1.34. The molecule has 2 fully saturated rings. The van der Waals surface area contributed by atoms with Gasteiger partial charge in [0.05, 0.1) is 13.2 Å². The molecule has 1 saturated carbocycles. The molecule has 2 aliphatic carbocycles. The summed E-state index contributed by atoms with van der Waals surface area (Å²) in [5, 5.41) is 3.04. The molecule has 1 heterocycles. The molecule has 4 heteroatoms. The van der Waals surface area contributed by atoms with E-state index >= 15 is 0 Å². The summed E-state index contributed by atoms with van der Waals surface area (Å²) in [4.78, 5) is 12.4. The zero-order valence-corrected chi connectivity index (χ0v) is 12.5. The van der Waals surface area contributed by atoms with E-state index in [1.165, 1.54) is 0 Å². The van der Waals surface area contributed by atoms with Crippen LogP contribution in [-0.4, -0.2) is 25.2 Å². The Morgan fingerprint density at radius 2 is 2.05 bits per heavy atom.